The molecule has 1 aromatic rings. The number of nitrogens with one attached hydrogen (secondary N) is 1. The number of nitro benzene ring substituents is 1. The van der Waals surface area contributed by atoms with Crippen LogP contribution in [-0.2, 0) is 10.0 Å². The zero-order valence-electron chi connectivity index (χ0n) is 11.1. The first kappa shape index (κ1) is 14.7. The molecule has 0 aromatic heterocycles. The van der Waals surface area contributed by atoms with E-state index in [0.717, 1.165) is 25.3 Å². The summed E-state index contributed by atoms with van der Waals surface area (Å²) in [6.45, 7) is 2.07. The van der Waals surface area contributed by atoms with Gasteiger partial charge in [-0.15, -0.1) is 0 Å². The van der Waals surface area contributed by atoms with Crippen LogP contribution in [0.1, 0.15) is 26.2 Å². The molecular weight excluding hydrogens is 282 g/mol. The number of nitrogens with zero attached hydrogens (tertiary/aromatic N) is 1. The molecule has 0 saturated heterocycles. The van der Waals surface area contributed by atoms with Crippen molar-refractivity contribution in [3.8, 4) is 0 Å². The average molecular weight is 299 g/mol. The quantitative estimate of drug-likeness (QED) is 0.650. The van der Waals surface area contributed by atoms with E-state index in [-0.39, 0.29) is 11.7 Å². The fourth-order valence-corrected chi connectivity index (χ4v) is 3.34. The number of nitrogens with two attached hydrogens (primary N) is 1. The first-order valence-electron chi connectivity index (χ1n) is 6.37. The summed E-state index contributed by atoms with van der Waals surface area (Å²) < 4.78 is 22.9. The maximum absolute atomic E-state index is 11.5. The van der Waals surface area contributed by atoms with Gasteiger partial charge < -0.3 is 5.32 Å². The smallest absolute Gasteiger partial charge is 0.312 e. The lowest BCUT2D eigenvalue weighted by molar-refractivity contribution is -0.386. The Morgan fingerprint density at radius 2 is 2.10 bits per heavy atom. The van der Waals surface area contributed by atoms with E-state index in [9.17, 15) is 18.5 Å². The van der Waals surface area contributed by atoms with Crippen molar-refractivity contribution in [2.24, 2.45) is 11.1 Å². The molecule has 1 fully saturated rings. The Hall–Kier alpha value is -1.67. The van der Waals surface area contributed by atoms with Crippen LogP contribution in [0.5, 0.6) is 0 Å². The fraction of sp³-hybridized carbons (Fsp3) is 0.500. The summed E-state index contributed by atoms with van der Waals surface area (Å²) in [7, 11) is -4.13. The lowest BCUT2D eigenvalue weighted by atomic mass is 10.1. The number of rotatable bonds is 4. The third kappa shape index (κ3) is 2.91. The lowest BCUT2D eigenvalue weighted by Crippen LogP contribution is -2.23. The van der Waals surface area contributed by atoms with Gasteiger partial charge in [0, 0.05) is 6.04 Å². The van der Waals surface area contributed by atoms with Gasteiger partial charge >= 0.3 is 5.69 Å². The number of sulfonamides is 1. The van der Waals surface area contributed by atoms with Gasteiger partial charge in [-0.25, -0.2) is 13.6 Å². The Morgan fingerprint density at radius 3 is 2.60 bits per heavy atom. The van der Waals surface area contributed by atoms with Crippen LogP contribution in [0.4, 0.5) is 11.4 Å². The van der Waals surface area contributed by atoms with Crippen molar-refractivity contribution in [3.05, 3.63) is 28.3 Å². The molecule has 1 aromatic carbocycles. The molecule has 2 rings (SSSR count). The van der Waals surface area contributed by atoms with Crippen molar-refractivity contribution in [1.82, 2.24) is 0 Å². The molecule has 3 N–H and O–H groups in total. The third-order valence-corrected chi connectivity index (χ3v) is 4.63. The van der Waals surface area contributed by atoms with Crippen molar-refractivity contribution in [1.29, 1.82) is 0 Å². The molecule has 20 heavy (non-hydrogen) atoms. The van der Waals surface area contributed by atoms with Crippen LogP contribution in [0.2, 0.25) is 0 Å². The van der Waals surface area contributed by atoms with E-state index in [1.165, 1.54) is 12.1 Å². The Balaban J connectivity index is 2.45. The van der Waals surface area contributed by atoms with E-state index in [1.807, 2.05) is 0 Å². The van der Waals surface area contributed by atoms with Crippen molar-refractivity contribution in [2.45, 2.75) is 37.1 Å². The molecule has 0 spiro atoms. The predicted molar refractivity (Wildman–Crippen MR) is 74.9 cm³/mol. The second kappa shape index (κ2) is 5.37. The van der Waals surface area contributed by atoms with Crippen LogP contribution >= 0.6 is 0 Å². The normalized spacial score (nSPS) is 22.7. The summed E-state index contributed by atoms with van der Waals surface area (Å²) in [5.41, 5.74) is -0.269. The van der Waals surface area contributed by atoms with Gasteiger partial charge in [0.15, 0.2) is 4.90 Å². The minimum Gasteiger partial charge on any atom is -0.376 e. The number of hydrogen-bond donors (Lipinski definition) is 2. The summed E-state index contributed by atoms with van der Waals surface area (Å²) >= 11 is 0. The van der Waals surface area contributed by atoms with E-state index >= 15 is 0 Å². The maximum atomic E-state index is 11.5. The highest BCUT2D eigenvalue weighted by atomic mass is 32.2. The predicted octanol–water partition coefficient (Wildman–Crippen LogP) is 1.84. The van der Waals surface area contributed by atoms with Crippen molar-refractivity contribution in [2.75, 3.05) is 5.32 Å². The van der Waals surface area contributed by atoms with Gasteiger partial charge in [0.2, 0.25) is 10.0 Å². The number of para-hydroxylation sites is 1. The second-order valence-corrected chi connectivity index (χ2v) is 6.64. The molecule has 1 saturated carbocycles. The molecule has 2 atom stereocenters. The summed E-state index contributed by atoms with van der Waals surface area (Å²) in [6.07, 6.45) is 3.03. The zero-order valence-corrected chi connectivity index (χ0v) is 11.9. The number of nitro groups is 1. The van der Waals surface area contributed by atoms with Crippen LogP contribution in [0.25, 0.3) is 0 Å². The largest absolute Gasteiger partial charge is 0.376 e. The minimum absolute atomic E-state index is 0.115. The molecular formula is C12H17N3O4S. The van der Waals surface area contributed by atoms with Gasteiger partial charge in [0.25, 0.3) is 0 Å². The van der Waals surface area contributed by atoms with Crippen LogP contribution in [0.15, 0.2) is 23.1 Å². The summed E-state index contributed by atoms with van der Waals surface area (Å²) in [4.78, 5) is 10.0. The van der Waals surface area contributed by atoms with Crippen molar-refractivity contribution in [3.63, 3.8) is 0 Å². The monoisotopic (exact) mass is 299 g/mol. The minimum atomic E-state index is -4.13. The Morgan fingerprint density at radius 1 is 1.40 bits per heavy atom. The van der Waals surface area contributed by atoms with Crippen molar-refractivity contribution < 1.29 is 13.3 Å². The number of hydrogen-bond acceptors (Lipinski definition) is 5. The van der Waals surface area contributed by atoms with Gasteiger partial charge in [0.1, 0.15) is 5.69 Å². The summed E-state index contributed by atoms with van der Waals surface area (Å²) in [5.74, 6) is 0.396. The SMILES string of the molecule is C[C@H]1CCC[C@@H]1Nc1cccc(S(N)(=O)=O)c1[N+](=O)[O-]. The number of benzene rings is 1. The number of anilines is 1. The van der Waals surface area contributed by atoms with E-state index in [0.29, 0.717) is 5.92 Å². The Bertz CT molecular complexity index is 630. The standard InChI is InChI=1S/C12H17N3O4S/c1-8-4-2-5-9(8)14-10-6-3-7-11(20(13,18)19)12(10)15(16)17/h3,6-9,14H,2,4-5H2,1H3,(H2,13,18,19)/t8-,9-/m0/s1. The second-order valence-electron chi connectivity index (χ2n) is 5.11. The van der Waals surface area contributed by atoms with Crippen LogP contribution in [0, 0.1) is 16.0 Å². The lowest BCUT2D eigenvalue weighted by Gasteiger charge is -2.19. The average Bonchev–Trinajstić information content (AvgIpc) is 2.73. The Kier molecular flexibility index (Phi) is 3.96. The van der Waals surface area contributed by atoms with Gasteiger partial charge in [0.05, 0.1) is 4.92 Å². The molecule has 8 heteroatoms. The molecule has 0 amide bonds. The first-order chi connectivity index (χ1) is 9.30. The van der Waals surface area contributed by atoms with Crippen LogP contribution < -0.4 is 10.5 Å². The van der Waals surface area contributed by atoms with Crippen molar-refractivity contribution >= 4 is 21.4 Å². The van der Waals surface area contributed by atoms with E-state index in [2.05, 4.69) is 12.2 Å². The first-order valence-corrected chi connectivity index (χ1v) is 7.92. The molecule has 1 aliphatic rings. The summed E-state index contributed by atoms with van der Waals surface area (Å²) in [6, 6.07) is 4.23. The van der Waals surface area contributed by atoms with Crippen LogP contribution in [0.3, 0.4) is 0 Å². The highest BCUT2D eigenvalue weighted by molar-refractivity contribution is 7.89. The van der Waals surface area contributed by atoms with Gasteiger partial charge in [-0.2, -0.15) is 0 Å². The fourth-order valence-electron chi connectivity index (χ4n) is 2.62. The topological polar surface area (TPSA) is 115 Å². The summed E-state index contributed by atoms with van der Waals surface area (Å²) in [5, 5.41) is 19.3. The molecule has 0 radical (unpaired) electrons. The Labute approximate surface area is 117 Å². The third-order valence-electron chi connectivity index (χ3n) is 3.69. The molecule has 0 heterocycles. The molecule has 0 bridgehead atoms. The molecule has 110 valence electrons. The van der Waals surface area contributed by atoms with Gasteiger partial charge in [-0.1, -0.05) is 19.4 Å². The van der Waals surface area contributed by atoms with Crippen LogP contribution in [-0.4, -0.2) is 19.4 Å². The molecule has 0 aliphatic heterocycles. The molecule has 1 aliphatic carbocycles. The van der Waals surface area contributed by atoms with E-state index in [4.69, 9.17) is 5.14 Å². The molecule has 7 nitrogen and oxygen atoms in total. The highest BCUT2D eigenvalue weighted by Crippen LogP contribution is 2.35. The number of primary sulfonamides is 1. The highest BCUT2D eigenvalue weighted by Gasteiger charge is 2.30. The maximum Gasteiger partial charge on any atom is 0.312 e. The molecule has 0 unspecified atom stereocenters. The zero-order chi connectivity index (χ0) is 14.9. The van der Waals surface area contributed by atoms with Gasteiger partial charge in [-0.05, 0) is 30.9 Å². The van der Waals surface area contributed by atoms with Gasteiger partial charge in [-0.3, -0.25) is 10.1 Å². The van der Waals surface area contributed by atoms with E-state index < -0.39 is 25.5 Å². The van der Waals surface area contributed by atoms with E-state index in [1.54, 1.807) is 0 Å².